The molecule has 1 aromatic heterocycles. The number of hydrogen-bond acceptors (Lipinski definition) is 3. The highest BCUT2D eigenvalue weighted by molar-refractivity contribution is 6.32. The Bertz CT molecular complexity index is 585. The number of ether oxygens (including phenoxy) is 1. The van der Waals surface area contributed by atoms with Gasteiger partial charge in [-0.25, -0.2) is 0 Å². The van der Waals surface area contributed by atoms with Crippen molar-refractivity contribution in [3.05, 3.63) is 58.9 Å². The van der Waals surface area contributed by atoms with Crippen molar-refractivity contribution in [1.29, 1.82) is 0 Å². The smallest absolute Gasteiger partial charge is 0.137 e. The van der Waals surface area contributed by atoms with E-state index in [0.29, 0.717) is 17.7 Å². The quantitative estimate of drug-likeness (QED) is 0.848. The molecule has 1 N–H and O–H groups in total. The van der Waals surface area contributed by atoms with Crippen LogP contribution < -0.4 is 10.1 Å². The van der Waals surface area contributed by atoms with Gasteiger partial charge in [-0.1, -0.05) is 23.7 Å². The molecule has 0 unspecified atom stereocenters. The van der Waals surface area contributed by atoms with E-state index in [-0.39, 0.29) is 0 Å². The topological polar surface area (TPSA) is 34.1 Å². The minimum absolute atomic E-state index is 0.602. The van der Waals surface area contributed by atoms with Gasteiger partial charge in [0, 0.05) is 31.4 Å². The van der Waals surface area contributed by atoms with E-state index in [1.54, 1.807) is 6.20 Å². The van der Waals surface area contributed by atoms with Gasteiger partial charge in [0.2, 0.25) is 0 Å². The molecule has 0 bridgehead atoms. The fraction of sp³-hybridized carbons (Fsp3) is 0.353. The van der Waals surface area contributed by atoms with E-state index < -0.39 is 0 Å². The Morgan fingerprint density at radius 3 is 2.86 bits per heavy atom. The second-order valence-corrected chi connectivity index (χ2v) is 5.79. The van der Waals surface area contributed by atoms with Crippen molar-refractivity contribution in [2.45, 2.75) is 31.8 Å². The number of halogens is 1. The monoisotopic (exact) mass is 302 g/mol. The number of aromatic nitrogens is 1. The van der Waals surface area contributed by atoms with Crippen LogP contribution in [0.4, 0.5) is 0 Å². The SMILES string of the molecule is Clc1cc(CNC2CC2)ccc1OCCc1cccnc1. The van der Waals surface area contributed by atoms with Crippen LogP contribution >= 0.6 is 11.6 Å². The molecule has 1 aliphatic carbocycles. The Hall–Kier alpha value is -1.58. The van der Waals surface area contributed by atoms with E-state index in [4.69, 9.17) is 16.3 Å². The third-order valence-electron chi connectivity index (χ3n) is 3.54. The van der Waals surface area contributed by atoms with Gasteiger partial charge in [0.25, 0.3) is 0 Å². The maximum atomic E-state index is 6.28. The van der Waals surface area contributed by atoms with Crippen molar-refractivity contribution in [3.63, 3.8) is 0 Å². The van der Waals surface area contributed by atoms with Crippen molar-refractivity contribution >= 4 is 11.6 Å². The highest BCUT2D eigenvalue weighted by Gasteiger charge is 2.20. The van der Waals surface area contributed by atoms with Crippen molar-refractivity contribution in [2.75, 3.05) is 6.61 Å². The molecule has 1 heterocycles. The zero-order chi connectivity index (χ0) is 14.5. The number of nitrogens with one attached hydrogen (secondary N) is 1. The number of pyridine rings is 1. The van der Waals surface area contributed by atoms with Gasteiger partial charge in [0.05, 0.1) is 11.6 Å². The highest BCUT2D eigenvalue weighted by Crippen LogP contribution is 2.26. The first-order valence-electron chi connectivity index (χ1n) is 7.35. The largest absolute Gasteiger partial charge is 0.492 e. The van der Waals surface area contributed by atoms with Crippen LogP contribution in [-0.2, 0) is 13.0 Å². The van der Waals surface area contributed by atoms with Crippen LogP contribution in [0.1, 0.15) is 24.0 Å². The zero-order valence-electron chi connectivity index (χ0n) is 11.9. The van der Waals surface area contributed by atoms with E-state index >= 15 is 0 Å². The lowest BCUT2D eigenvalue weighted by Crippen LogP contribution is -2.15. The Labute approximate surface area is 130 Å². The van der Waals surface area contributed by atoms with E-state index in [2.05, 4.69) is 16.4 Å². The van der Waals surface area contributed by atoms with E-state index in [1.807, 2.05) is 30.5 Å². The van der Waals surface area contributed by atoms with Crippen LogP contribution in [0.5, 0.6) is 5.75 Å². The number of nitrogens with zero attached hydrogens (tertiary/aromatic N) is 1. The summed E-state index contributed by atoms with van der Waals surface area (Å²) in [6.45, 7) is 1.48. The van der Waals surface area contributed by atoms with Crippen molar-refractivity contribution in [2.24, 2.45) is 0 Å². The summed E-state index contributed by atoms with van der Waals surface area (Å²) in [5.74, 6) is 0.746. The maximum absolute atomic E-state index is 6.28. The summed E-state index contributed by atoms with van der Waals surface area (Å²) in [7, 11) is 0. The summed E-state index contributed by atoms with van der Waals surface area (Å²) in [5, 5.41) is 4.15. The molecule has 2 aromatic rings. The van der Waals surface area contributed by atoms with Crippen LogP contribution in [0.2, 0.25) is 5.02 Å². The Morgan fingerprint density at radius 2 is 2.14 bits per heavy atom. The Morgan fingerprint density at radius 1 is 1.24 bits per heavy atom. The molecule has 1 aromatic carbocycles. The van der Waals surface area contributed by atoms with Crippen LogP contribution in [-0.4, -0.2) is 17.6 Å². The van der Waals surface area contributed by atoms with E-state index in [9.17, 15) is 0 Å². The molecule has 21 heavy (non-hydrogen) atoms. The minimum Gasteiger partial charge on any atom is -0.492 e. The Balaban J connectivity index is 1.50. The predicted octanol–water partition coefficient (Wildman–Crippen LogP) is 3.61. The number of hydrogen-bond donors (Lipinski definition) is 1. The average molecular weight is 303 g/mol. The molecule has 0 atom stereocenters. The lowest BCUT2D eigenvalue weighted by atomic mass is 10.2. The molecule has 3 rings (SSSR count). The molecule has 0 amide bonds. The van der Waals surface area contributed by atoms with Gasteiger partial charge in [-0.15, -0.1) is 0 Å². The molecular formula is C17H19ClN2O. The van der Waals surface area contributed by atoms with Crippen LogP contribution in [0, 0.1) is 0 Å². The molecule has 1 aliphatic rings. The van der Waals surface area contributed by atoms with E-state index in [1.165, 1.54) is 24.0 Å². The summed E-state index contributed by atoms with van der Waals surface area (Å²) in [6, 6.07) is 10.7. The van der Waals surface area contributed by atoms with Crippen molar-refractivity contribution in [3.8, 4) is 5.75 Å². The highest BCUT2D eigenvalue weighted by atomic mass is 35.5. The van der Waals surface area contributed by atoms with Gasteiger partial charge in [-0.05, 0) is 42.2 Å². The fourth-order valence-corrected chi connectivity index (χ4v) is 2.40. The molecular weight excluding hydrogens is 284 g/mol. The van der Waals surface area contributed by atoms with Crippen LogP contribution in [0.3, 0.4) is 0 Å². The first-order valence-corrected chi connectivity index (χ1v) is 7.72. The third kappa shape index (κ3) is 4.45. The lowest BCUT2D eigenvalue weighted by Gasteiger charge is -2.10. The Kier molecular flexibility index (Phi) is 4.73. The number of rotatable bonds is 7. The zero-order valence-corrected chi connectivity index (χ0v) is 12.6. The summed E-state index contributed by atoms with van der Waals surface area (Å²) < 4.78 is 5.75. The summed E-state index contributed by atoms with van der Waals surface area (Å²) in [6.07, 6.45) is 7.05. The predicted molar refractivity (Wildman–Crippen MR) is 84.7 cm³/mol. The molecule has 0 radical (unpaired) electrons. The van der Waals surface area contributed by atoms with Crippen molar-refractivity contribution < 1.29 is 4.74 Å². The number of benzene rings is 1. The summed E-state index contributed by atoms with van der Waals surface area (Å²) in [5.41, 5.74) is 2.37. The molecule has 0 saturated heterocycles. The minimum atomic E-state index is 0.602. The lowest BCUT2D eigenvalue weighted by molar-refractivity contribution is 0.322. The summed E-state index contributed by atoms with van der Waals surface area (Å²) in [4.78, 5) is 4.09. The van der Waals surface area contributed by atoms with Gasteiger partial charge in [-0.3, -0.25) is 4.98 Å². The third-order valence-corrected chi connectivity index (χ3v) is 3.83. The van der Waals surface area contributed by atoms with Gasteiger partial charge >= 0.3 is 0 Å². The molecule has 0 spiro atoms. The molecule has 1 fully saturated rings. The summed E-state index contributed by atoms with van der Waals surface area (Å²) >= 11 is 6.28. The maximum Gasteiger partial charge on any atom is 0.137 e. The first kappa shape index (κ1) is 14.4. The van der Waals surface area contributed by atoms with Gasteiger partial charge in [0.15, 0.2) is 0 Å². The fourth-order valence-electron chi connectivity index (χ4n) is 2.15. The van der Waals surface area contributed by atoms with Crippen LogP contribution in [0.15, 0.2) is 42.7 Å². The standard InChI is InChI=1S/C17H19ClN2O/c18-16-10-14(12-20-15-4-5-15)3-6-17(16)21-9-7-13-2-1-8-19-11-13/h1-3,6,8,10-11,15,20H,4-5,7,9,12H2. The normalized spacial score (nSPS) is 14.1. The van der Waals surface area contributed by atoms with E-state index in [0.717, 1.165) is 18.7 Å². The molecule has 4 heteroatoms. The molecule has 3 nitrogen and oxygen atoms in total. The molecule has 1 saturated carbocycles. The molecule has 110 valence electrons. The van der Waals surface area contributed by atoms with Gasteiger partial charge < -0.3 is 10.1 Å². The van der Waals surface area contributed by atoms with Gasteiger partial charge in [-0.2, -0.15) is 0 Å². The van der Waals surface area contributed by atoms with Crippen LogP contribution in [0.25, 0.3) is 0 Å². The second kappa shape index (κ2) is 6.92. The average Bonchev–Trinajstić information content (AvgIpc) is 3.32. The second-order valence-electron chi connectivity index (χ2n) is 5.38. The first-order chi connectivity index (χ1) is 10.3. The van der Waals surface area contributed by atoms with Gasteiger partial charge in [0.1, 0.15) is 5.75 Å². The van der Waals surface area contributed by atoms with Crippen molar-refractivity contribution in [1.82, 2.24) is 10.3 Å². The molecule has 0 aliphatic heterocycles.